The predicted octanol–water partition coefficient (Wildman–Crippen LogP) is 8.07. The standard InChI is InChI=1S/C19H29NO2.C11H14BrNO/c1-5-13(2)15-7-9-16(10-8-15)19(21)20-17-11-6-14(3)18(12-17)22-4;1-4-10-7(2)5-9(12)6-11(10)13-8(3)14/h6,11-13,15-16H,5,7-10H2,1-4H3,(H,20,21);5-6H,4H2,1-3H3,(H,13,14). The molecule has 1 unspecified atom stereocenters. The van der Waals surface area contributed by atoms with E-state index in [1.807, 2.05) is 31.2 Å². The third kappa shape index (κ3) is 8.65. The topological polar surface area (TPSA) is 67.4 Å². The number of rotatable bonds is 7. The summed E-state index contributed by atoms with van der Waals surface area (Å²) in [4.78, 5) is 23.4. The van der Waals surface area contributed by atoms with Crippen LogP contribution >= 0.6 is 15.9 Å². The highest BCUT2D eigenvalue weighted by molar-refractivity contribution is 9.10. The van der Waals surface area contributed by atoms with Crippen LogP contribution in [0.1, 0.15) is 76.5 Å². The highest BCUT2D eigenvalue weighted by atomic mass is 79.9. The van der Waals surface area contributed by atoms with Gasteiger partial charge >= 0.3 is 0 Å². The number of carbonyl (C=O) groups is 2. The van der Waals surface area contributed by atoms with Gasteiger partial charge in [0.05, 0.1) is 7.11 Å². The van der Waals surface area contributed by atoms with Crippen molar-refractivity contribution in [2.24, 2.45) is 17.8 Å². The summed E-state index contributed by atoms with van der Waals surface area (Å²) in [6.45, 7) is 12.3. The maximum atomic E-state index is 12.4. The summed E-state index contributed by atoms with van der Waals surface area (Å²) in [6.07, 6.45) is 6.57. The van der Waals surface area contributed by atoms with Crippen LogP contribution in [0.3, 0.4) is 0 Å². The monoisotopic (exact) mass is 558 g/mol. The van der Waals surface area contributed by atoms with E-state index in [1.54, 1.807) is 7.11 Å². The predicted molar refractivity (Wildman–Crippen MR) is 154 cm³/mol. The molecule has 0 radical (unpaired) electrons. The van der Waals surface area contributed by atoms with Gasteiger partial charge in [-0.05, 0) is 92.7 Å². The van der Waals surface area contributed by atoms with Gasteiger partial charge in [-0.15, -0.1) is 0 Å². The number of amides is 2. The third-order valence-electron chi connectivity index (χ3n) is 7.37. The number of methoxy groups -OCH3 is 1. The van der Waals surface area contributed by atoms with E-state index in [1.165, 1.54) is 37.3 Å². The van der Waals surface area contributed by atoms with E-state index in [2.05, 4.69) is 60.3 Å². The largest absolute Gasteiger partial charge is 0.496 e. The number of benzene rings is 2. The zero-order chi connectivity index (χ0) is 26.8. The van der Waals surface area contributed by atoms with Crippen molar-refractivity contribution in [3.05, 3.63) is 51.5 Å². The Morgan fingerprint density at radius 2 is 1.69 bits per heavy atom. The lowest BCUT2D eigenvalue weighted by molar-refractivity contribution is -0.121. The molecule has 2 aromatic carbocycles. The molecule has 36 heavy (non-hydrogen) atoms. The lowest BCUT2D eigenvalue weighted by Crippen LogP contribution is -2.28. The molecular weight excluding hydrogens is 516 g/mol. The fourth-order valence-corrected chi connectivity index (χ4v) is 5.54. The lowest BCUT2D eigenvalue weighted by atomic mass is 9.75. The molecule has 0 spiro atoms. The first-order chi connectivity index (χ1) is 17.1. The van der Waals surface area contributed by atoms with Crippen molar-refractivity contribution in [1.82, 2.24) is 0 Å². The maximum absolute atomic E-state index is 12.4. The fraction of sp³-hybridized carbons (Fsp3) is 0.533. The Morgan fingerprint density at radius 1 is 1.03 bits per heavy atom. The van der Waals surface area contributed by atoms with E-state index < -0.39 is 0 Å². The van der Waals surface area contributed by atoms with Crippen LogP contribution in [-0.4, -0.2) is 18.9 Å². The van der Waals surface area contributed by atoms with Gasteiger partial charge in [-0.3, -0.25) is 9.59 Å². The minimum atomic E-state index is -0.0304. The smallest absolute Gasteiger partial charge is 0.227 e. The summed E-state index contributed by atoms with van der Waals surface area (Å²) < 4.78 is 6.31. The van der Waals surface area contributed by atoms with Crippen LogP contribution in [0.5, 0.6) is 5.75 Å². The normalized spacial score (nSPS) is 17.9. The number of ether oxygens (including phenoxy) is 1. The second kappa shape index (κ2) is 14.4. The number of halogens is 1. The zero-order valence-electron chi connectivity index (χ0n) is 23.0. The zero-order valence-corrected chi connectivity index (χ0v) is 24.6. The number of hydrogen-bond donors (Lipinski definition) is 2. The van der Waals surface area contributed by atoms with E-state index in [0.717, 1.165) is 58.3 Å². The molecule has 0 aromatic heterocycles. The molecule has 0 heterocycles. The van der Waals surface area contributed by atoms with Crippen LogP contribution in [0.2, 0.25) is 0 Å². The van der Waals surface area contributed by atoms with E-state index in [-0.39, 0.29) is 17.7 Å². The van der Waals surface area contributed by atoms with Crippen LogP contribution in [-0.2, 0) is 16.0 Å². The van der Waals surface area contributed by atoms with Crippen molar-refractivity contribution >= 4 is 39.1 Å². The van der Waals surface area contributed by atoms with Crippen LogP contribution < -0.4 is 15.4 Å². The minimum Gasteiger partial charge on any atom is -0.496 e. The Balaban J connectivity index is 0.000000281. The van der Waals surface area contributed by atoms with Gasteiger partial charge in [-0.25, -0.2) is 0 Å². The van der Waals surface area contributed by atoms with Crippen molar-refractivity contribution in [3.63, 3.8) is 0 Å². The molecule has 0 aliphatic heterocycles. The number of carbonyl (C=O) groups excluding carboxylic acids is 2. The van der Waals surface area contributed by atoms with Crippen LogP contribution in [0.4, 0.5) is 11.4 Å². The van der Waals surface area contributed by atoms with Crippen molar-refractivity contribution in [1.29, 1.82) is 0 Å². The molecule has 2 amide bonds. The van der Waals surface area contributed by atoms with Gasteiger partial charge in [0.15, 0.2) is 0 Å². The van der Waals surface area contributed by atoms with Gasteiger partial charge in [0.25, 0.3) is 0 Å². The second-order valence-electron chi connectivity index (χ2n) is 9.95. The molecule has 3 rings (SSSR count). The summed E-state index contributed by atoms with van der Waals surface area (Å²) in [7, 11) is 1.66. The highest BCUT2D eigenvalue weighted by Crippen LogP contribution is 2.35. The first kappa shape index (κ1) is 29.9. The average Bonchev–Trinajstić information content (AvgIpc) is 2.84. The molecular formula is C30H43BrN2O3. The Morgan fingerprint density at radius 3 is 2.25 bits per heavy atom. The Bertz CT molecular complexity index is 1030. The summed E-state index contributed by atoms with van der Waals surface area (Å²) in [6, 6.07) is 9.82. The molecule has 198 valence electrons. The molecule has 2 N–H and O–H groups in total. The highest BCUT2D eigenvalue weighted by Gasteiger charge is 2.28. The van der Waals surface area contributed by atoms with Crippen LogP contribution in [0.15, 0.2) is 34.8 Å². The molecule has 1 saturated carbocycles. The average molecular weight is 560 g/mol. The quantitative estimate of drug-likeness (QED) is 0.361. The summed E-state index contributed by atoms with van der Waals surface area (Å²) in [5.74, 6) is 2.69. The Kier molecular flexibility index (Phi) is 12.0. The van der Waals surface area contributed by atoms with Gasteiger partial charge in [0.1, 0.15) is 5.75 Å². The number of anilines is 2. The van der Waals surface area contributed by atoms with E-state index in [9.17, 15) is 9.59 Å². The first-order valence-electron chi connectivity index (χ1n) is 13.1. The van der Waals surface area contributed by atoms with Gasteiger partial charge in [-0.2, -0.15) is 0 Å². The van der Waals surface area contributed by atoms with Gasteiger partial charge < -0.3 is 15.4 Å². The number of aryl methyl sites for hydroxylation is 2. The molecule has 0 saturated heterocycles. The summed E-state index contributed by atoms with van der Waals surface area (Å²) in [5, 5.41) is 5.89. The molecule has 6 heteroatoms. The van der Waals surface area contributed by atoms with Crippen LogP contribution in [0.25, 0.3) is 0 Å². The van der Waals surface area contributed by atoms with Gasteiger partial charge in [-0.1, -0.05) is 49.2 Å². The van der Waals surface area contributed by atoms with Gasteiger partial charge in [0.2, 0.25) is 11.8 Å². The summed E-state index contributed by atoms with van der Waals surface area (Å²) in [5.41, 5.74) is 5.21. The SMILES string of the molecule is CCC(C)C1CCC(C(=O)Nc2ccc(C)c(OC)c2)CC1.CCc1c(C)cc(Br)cc1NC(C)=O. The second-order valence-corrected chi connectivity index (χ2v) is 10.9. The van der Waals surface area contributed by atoms with Crippen molar-refractivity contribution < 1.29 is 14.3 Å². The van der Waals surface area contributed by atoms with E-state index in [4.69, 9.17) is 4.74 Å². The van der Waals surface area contributed by atoms with Crippen molar-refractivity contribution in [2.75, 3.05) is 17.7 Å². The molecule has 1 aliphatic carbocycles. The number of nitrogens with one attached hydrogen (secondary N) is 2. The Hall–Kier alpha value is -2.34. The molecule has 1 aliphatic rings. The first-order valence-corrected chi connectivity index (χ1v) is 13.9. The van der Waals surface area contributed by atoms with E-state index >= 15 is 0 Å². The van der Waals surface area contributed by atoms with Crippen molar-refractivity contribution in [2.45, 2.75) is 80.1 Å². The molecule has 1 atom stereocenters. The maximum Gasteiger partial charge on any atom is 0.227 e. The summed E-state index contributed by atoms with van der Waals surface area (Å²) >= 11 is 3.41. The molecule has 2 aromatic rings. The van der Waals surface area contributed by atoms with Crippen molar-refractivity contribution in [3.8, 4) is 5.75 Å². The minimum absolute atomic E-state index is 0.0304. The third-order valence-corrected chi connectivity index (χ3v) is 7.83. The Labute approximate surface area is 225 Å². The van der Waals surface area contributed by atoms with E-state index in [0.29, 0.717) is 0 Å². The fourth-order valence-electron chi connectivity index (χ4n) is 4.97. The molecule has 5 nitrogen and oxygen atoms in total. The molecule has 0 bridgehead atoms. The van der Waals surface area contributed by atoms with Gasteiger partial charge in [0, 0.05) is 34.8 Å². The molecule has 1 fully saturated rings. The lowest BCUT2D eigenvalue weighted by Gasteiger charge is -2.31. The van der Waals surface area contributed by atoms with Crippen LogP contribution in [0, 0.1) is 31.6 Å². The number of hydrogen-bond acceptors (Lipinski definition) is 3.